The van der Waals surface area contributed by atoms with Crippen molar-refractivity contribution >= 4 is 23.5 Å². The second-order valence-corrected chi connectivity index (χ2v) is 7.31. The number of fused-ring (bicyclic) bond motifs is 1. The molecule has 0 spiro atoms. The van der Waals surface area contributed by atoms with E-state index in [-0.39, 0.29) is 18.9 Å². The quantitative estimate of drug-likeness (QED) is 0.660. The molecule has 2 aromatic carbocycles. The Morgan fingerprint density at radius 2 is 1.62 bits per heavy atom. The molecule has 4 rings (SSSR count). The third-order valence-corrected chi connectivity index (χ3v) is 5.05. The maximum absolute atomic E-state index is 12.8. The lowest BCUT2D eigenvalue weighted by atomic mass is 10.1. The highest BCUT2D eigenvalue weighted by Gasteiger charge is 2.50. The Balaban J connectivity index is 1.29. The number of nitrogens with one attached hydrogen (secondary N) is 3. The summed E-state index contributed by atoms with van der Waals surface area (Å²) in [7, 11) is 0. The number of anilines is 2. The lowest BCUT2D eigenvalue weighted by Crippen LogP contribution is -2.46. The molecule has 4 unspecified atom stereocenters. The van der Waals surface area contributed by atoms with Gasteiger partial charge in [0, 0.05) is 11.4 Å². The van der Waals surface area contributed by atoms with E-state index in [2.05, 4.69) is 16.0 Å². The van der Waals surface area contributed by atoms with Crippen LogP contribution in [0.15, 0.2) is 54.6 Å². The van der Waals surface area contributed by atoms with Crippen LogP contribution in [-0.2, 0) is 20.4 Å². The number of benzene rings is 2. The summed E-state index contributed by atoms with van der Waals surface area (Å²) in [5.74, 6) is 0. The molecule has 2 fully saturated rings. The Morgan fingerprint density at radius 3 is 2.38 bits per heavy atom. The van der Waals surface area contributed by atoms with Crippen LogP contribution in [0.1, 0.15) is 5.56 Å². The van der Waals surface area contributed by atoms with Gasteiger partial charge in [0.1, 0.15) is 12.2 Å². The number of halogens is 3. The van der Waals surface area contributed by atoms with Crippen LogP contribution in [0.25, 0.3) is 0 Å². The normalized spacial score (nSPS) is 24.5. The highest BCUT2D eigenvalue weighted by Crippen LogP contribution is 2.31. The van der Waals surface area contributed by atoms with E-state index >= 15 is 0 Å². The zero-order valence-electron chi connectivity index (χ0n) is 16.6. The molecule has 4 atom stereocenters. The highest BCUT2D eigenvalue weighted by atomic mass is 19.4. The maximum Gasteiger partial charge on any atom is 0.416 e. The summed E-state index contributed by atoms with van der Waals surface area (Å²) in [5, 5.41) is 7.61. The van der Waals surface area contributed by atoms with E-state index < -0.39 is 48.2 Å². The molecule has 170 valence electrons. The van der Waals surface area contributed by atoms with Crippen LogP contribution < -0.4 is 16.0 Å². The molecule has 8 nitrogen and oxygen atoms in total. The van der Waals surface area contributed by atoms with Crippen molar-refractivity contribution in [2.24, 2.45) is 0 Å². The fraction of sp³-hybridized carbons (Fsp3) is 0.333. The fourth-order valence-corrected chi connectivity index (χ4v) is 3.60. The summed E-state index contributed by atoms with van der Waals surface area (Å²) < 4.78 is 55.2. The van der Waals surface area contributed by atoms with Crippen LogP contribution in [-0.4, -0.2) is 49.7 Å². The Hall–Kier alpha value is -3.31. The summed E-state index contributed by atoms with van der Waals surface area (Å²) >= 11 is 0. The number of alkyl halides is 3. The molecular weight excluding hydrogens is 431 g/mol. The molecule has 0 aliphatic carbocycles. The van der Waals surface area contributed by atoms with Gasteiger partial charge < -0.3 is 24.8 Å². The van der Waals surface area contributed by atoms with E-state index in [1.165, 1.54) is 12.1 Å². The third-order valence-electron chi connectivity index (χ3n) is 5.05. The number of hydrogen-bond acceptors (Lipinski definition) is 5. The second-order valence-electron chi connectivity index (χ2n) is 7.31. The average molecular weight is 451 g/mol. The van der Waals surface area contributed by atoms with Crippen molar-refractivity contribution in [3.8, 4) is 0 Å². The molecule has 2 aromatic rings. The van der Waals surface area contributed by atoms with E-state index in [0.29, 0.717) is 5.69 Å². The summed E-state index contributed by atoms with van der Waals surface area (Å²) in [4.78, 5) is 24.4. The Labute approximate surface area is 181 Å². The van der Waals surface area contributed by atoms with Gasteiger partial charge in [0.15, 0.2) is 6.10 Å². The molecule has 0 bridgehead atoms. The van der Waals surface area contributed by atoms with Crippen LogP contribution in [0.5, 0.6) is 0 Å². The molecule has 32 heavy (non-hydrogen) atoms. The number of carbonyl (C=O) groups excluding carboxylic acids is 2. The molecular formula is C21H20F3N3O5. The third kappa shape index (κ3) is 5.11. The van der Waals surface area contributed by atoms with Crippen LogP contribution >= 0.6 is 0 Å². The summed E-state index contributed by atoms with van der Waals surface area (Å²) in [6.07, 6.45) is -6.97. The van der Waals surface area contributed by atoms with E-state index in [0.717, 1.165) is 12.1 Å². The lowest BCUT2D eigenvalue weighted by molar-refractivity contribution is -0.137. The average Bonchev–Trinajstić information content (AvgIpc) is 3.32. The number of ether oxygens (including phenoxy) is 3. The molecule has 0 radical (unpaired) electrons. The molecule has 3 N–H and O–H groups in total. The number of para-hydroxylation sites is 1. The first-order chi connectivity index (χ1) is 15.3. The second kappa shape index (κ2) is 9.05. The van der Waals surface area contributed by atoms with Gasteiger partial charge in [-0.05, 0) is 30.3 Å². The Kier molecular flexibility index (Phi) is 6.19. The molecule has 3 amide bonds. The van der Waals surface area contributed by atoms with E-state index in [4.69, 9.17) is 14.2 Å². The topological polar surface area (TPSA) is 97.9 Å². The number of rotatable bonds is 4. The van der Waals surface area contributed by atoms with Crippen molar-refractivity contribution in [2.45, 2.75) is 30.5 Å². The van der Waals surface area contributed by atoms with Gasteiger partial charge in [0.2, 0.25) is 0 Å². The first kappa shape index (κ1) is 21.9. The molecule has 0 saturated carbocycles. The van der Waals surface area contributed by atoms with Crippen molar-refractivity contribution in [2.75, 3.05) is 23.8 Å². The van der Waals surface area contributed by atoms with E-state index in [1.54, 1.807) is 24.3 Å². The molecule has 11 heteroatoms. The predicted molar refractivity (Wildman–Crippen MR) is 107 cm³/mol. The number of amides is 3. The van der Waals surface area contributed by atoms with Crippen molar-refractivity contribution in [1.29, 1.82) is 0 Å². The Bertz CT molecular complexity index is 973. The zero-order valence-corrected chi connectivity index (χ0v) is 16.6. The monoisotopic (exact) mass is 451 g/mol. The van der Waals surface area contributed by atoms with E-state index in [9.17, 15) is 22.8 Å². The van der Waals surface area contributed by atoms with Gasteiger partial charge in [-0.15, -0.1) is 0 Å². The van der Waals surface area contributed by atoms with Gasteiger partial charge in [0.05, 0.1) is 24.8 Å². The standard InChI is InChI=1S/C21H20F3N3O5/c22-21(23,24)12-5-4-8-14(9-12)25-19(28)27-15-10-30-18-16(11-31-17(15)18)32-20(29)26-13-6-2-1-3-7-13/h1-9,15-18H,10-11H2,(H,26,29)(H2,25,27,28). The van der Waals surface area contributed by atoms with Crippen molar-refractivity contribution < 1.29 is 37.0 Å². The van der Waals surface area contributed by atoms with Crippen LogP contribution in [0, 0.1) is 0 Å². The van der Waals surface area contributed by atoms with Gasteiger partial charge in [-0.25, -0.2) is 9.59 Å². The van der Waals surface area contributed by atoms with E-state index in [1.807, 2.05) is 6.07 Å². The minimum Gasteiger partial charge on any atom is -0.441 e. The minimum atomic E-state index is -4.51. The van der Waals surface area contributed by atoms with Crippen LogP contribution in [0.4, 0.5) is 34.1 Å². The zero-order chi connectivity index (χ0) is 22.7. The van der Waals surface area contributed by atoms with Gasteiger partial charge in [-0.2, -0.15) is 13.2 Å². The fourth-order valence-electron chi connectivity index (χ4n) is 3.60. The SMILES string of the molecule is O=C(Nc1cccc(C(F)(F)F)c1)NC1COC2C(OC(=O)Nc3ccccc3)COC12. The van der Waals surface area contributed by atoms with Crippen LogP contribution in [0.2, 0.25) is 0 Å². The van der Waals surface area contributed by atoms with Gasteiger partial charge >= 0.3 is 18.3 Å². The lowest BCUT2D eigenvalue weighted by Gasteiger charge is -2.18. The number of carbonyl (C=O) groups is 2. The molecule has 2 aliphatic rings. The summed E-state index contributed by atoms with van der Waals surface area (Å²) in [5.41, 5.74) is -0.294. The van der Waals surface area contributed by atoms with Gasteiger partial charge in [0.25, 0.3) is 0 Å². The number of hydrogen-bond donors (Lipinski definition) is 3. The molecule has 0 aromatic heterocycles. The predicted octanol–water partition coefficient (Wildman–Crippen LogP) is 3.61. The van der Waals surface area contributed by atoms with Crippen molar-refractivity contribution in [1.82, 2.24) is 5.32 Å². The Morgan fingerprint density at radius 1 is 0.906 bits per heavy atom. The van der Waals surface area contributed by atoms with Crippen molar-refractivity contribution in [3.63, 3.8) is 0 Å². The largest absolute Gasteiger partial charge is 0.441 e. The minimum absolute atomic E-state index is 0.000997. The summed E-state index contributed by atoms with van der Waals surface area (Å²) in [6.45, 7) is 0.191. The maximum atomic E-state index is 12.8. The van der Waals surface area contributed by atoms with Gasteiger partial charge in [-0.3, -0.25) is 5.32 Å². The van der Waals surface area contributed by atoms with Gasteiger partial charge in [-0.1, -0.05) is 24.3 Å². The van der Waals surface area contributed by atoms with Crippen LogP contribution in [0.3, 0.4) is 0 Å². The molecule has 2 saturated heterocycles. The first-order valence-electron chi connectivity index (χ1n) is 9.80. The molecule has 2 heterocycles. The first-order valence-corrected chi connectivity index (χ1v) is 9.80. The van der Waals surface area contributed by atoms with Crippen molar-refractivity contribution in [3.05, 3.63) is 60.2 Å². The highest BCUT2D eigenvalue weighted by molar-refractivity contribution is 5.89. The number of urea groups is 1. The smallest absolute Gasteiger partial charge is 0.416 e. The molecule has 2 aliphatic heterocycles. The summed E-state index contributed by atoms with van der Waals surface area (Å²) in [6, 6.07) is 11.8.